The van der Waals surface area contributed by atoms with Crippen LogP contribution in [0.15, 0.2) is 18.2 Å². The fourth-order valence-corrected chi connectivity index (χ4v) is 3.22. The highest BCUT2D eigenvalue weighted by molar-refractivity contribution is 5.94. The summed E-state index contributed by atoms with van der Waals surface area (Å²) in [6.45, 7) is 8.38. The first-order valence-corrected chi connectivity index (χ1v) is 9.50. The molecule has 1 atom stereocenters. The molecule has 0 radical (unpaired) electrons. The molecule has 1 aromatic carbocycles. The lowest BCUT2D eigenvalue weighted by molar-refractivity contribution is -0.124. The lowest BCUT2D eigenvalue weighted by atomic mass is 10.2. The maximum Gasteiger partial charge on any atom is 0.241 e. The van der Waals surface area contributed by atoms with Gasteiger partial charge in [-0.25, -0.2) is 0 Å². The van der Waals surface area contributed by atoms with Crippen LogP contribution in [0.2, 0.25) is 0 Å². The van der Waals surface area contributed by atoms with Crippen molar-refractivity contribution in [3.63, 3.8) is 0 Å². The van der Waals surface area contributed by atoms with Crippen molar-refractivity contribution in [1.29, 1.82) is 0 Å². The molecule has 148 valence electrons. The van der Waals surface area contributed by atoms with Crippen molar-refractivity contribution in [2.45, 2.75) is 26.3 Å². The van der Waals surface area contributed by atoms with Gasteiger partial charge in [0.15, 0.2) is 11.5 Å². The first-order chi connectivity index (χ1) is 13.1. The molecule has 2 amide bonds. The predicted octanol–water partition coefficient (Wildman–Crippen LogP) is 0.886. The average Bonchev–Trinajstić information content (AvgIpc) is 3.14. The summed E-state index contributed by atoms with van der Waals surface area (Å²) in [5, 5.41) is 5.84. The highest BCUT2D eigenvalue weighted by Crippen LogP contribution is 2.34. The molecule has 0 spiro atoms. The van der Waals surface area contributed by atoms with Crippen LogP contribution in [0.5, 0.6) is 11.5 Å². The van der Waals surface area contributed by atoms with E-state index in [0.717, 1.165) is 39.1 Å². The first kappa shape index (κ1) is 19.4. The second-order valence-electron chi connectivity index (χ2n) is 6.90. The van der Waals surface area contributed by atoms with Gasteiger partial charge in [0.1, 0.15) is 0 Å². The van der Waals surface area contributed by atoms with Gasteiger partial charge in [0, 0.05) is 44.5 Å². The molecule has 2 aliphatic heterocycles. The molecule has 2 N–H and O–H groups in total. The van der Waals surface area contributed by atoms with E-state index in [9.17, 15) is 9.59 Å². The number of ether oxygens (including phenoxy) is 2. The molecule has 2 heterocycles. The molecule has 27 heavy (non-hydrogen) atoms. The van der Waals surface area contributed by atoms with Crippen LogP contribution < -0.4 is 20.1 Å². The summed E-state index contributed by atoms with van der Waals surface area (Å²) >= 11 is 0. The third kappa shape index (κ3) is 5.11. The van der Waals surface area contributed by atoms with E-state index in [-0.39, 0.29) is 24.6 Å². The molecule has 0 bridgehead atoms. The minimum absolute atomic E-state index is 0.0528. The van der Waals surface area contributed by atoms with E-state index >= 15 is 0 Å². The van der Waals surface area contributed by atoms with E-state index in [0.29, 0.717) is 23.7 Å². The number of hydrogen-bond donors (Lipinski definition) is 2. The van der Waals surface area contributed by atoms with Crippen molar-refractivity contribution in [3.8, 4) is 11.5 Å². The molecule has 1 fully saturated rings. The Labute approximate surface area is 159 Å². The number of fused-ring (bicyclic) bond motifs is 1. The van der Waals surface area contributed by atoms with Gasteiger partial charge < -0.3 is 20.1 Å². The van der Waals surface area contributed by atoms with E-state index in [1.54, 1.807) is 12.1 Å². The highest BCUT2D eigenvalue weighted by atomic mass is 16.7. The Balaban J connectivity index is 1.45. The van der Waals surface area contributed by atoms with Crippen LogP contribution in [-0.2, 0) is 9.59 Å². The van der Waals surface area contributed by atoms with Gasteiger partial charge >= 0.3 is 0 Å². The molecule has 8 heteroatoms. The molecular weight excluding hydrogens is 348 g/mol. The quantitative estimate of drug-likeness (QED) is 0.735. The summed E-state index contributed by atoms with van der Waals surface area (Å²) in [5.41, 5.74) is 0.697. The van der Waals surface area contributed by atoms with Crippen molar-refractivity contribution in [3.05, 3.63) is 18.2 Å². The van der Waals surface area contributed by atoms with Crippen molar-refractivity contribution in [2.75, 3.05) is 51.4 Å². The van der Waals surface area contributed by atoms with Crippen LogP contribution in [-0.4, -0.2) is 73.7 Å². The maximum absolute atomic E-state index is 12.6. The fraction of sp³-hybridized carbons (Fsp3) is 0.579. The van der Waals surface area contributed by atoms with Gasteiger partial charge in [0.2, 0.25) is 18.6 Å². The lowest BCUT2D eigenvalue weighted by Gasteiger charge is -2.37. The fourth-order valence-electron chi connectivity index (χ4n) is 3.22. The van der Waals surface area contributed by atoms with E-state index in [1.807, 2.05) is 19.9 Å². The molecule has 3 rings (SSSR count). The number of carbonyl (C=O) groups is 2. The standard InChI is InChI=1S/C19H28N4O4/c1-3-6-20-18(24)12-22-7-9-23(10-8-22)14(2)19(25)21-15-4-5-16-17(11-15)27-13-26-16/h4-5,11,14H,3,6-10,12-13H2,1-2H3,(H,20,24)(H,21,25)/t14-/m1/s1. The van der Waals surface area contributed by atoms with Crippen LogP contribution in [0.1, 0.15) is 20.3 Å². The summed E-state index contributed by atoms with van der Waals surface area (Å²) in [7, 11) is 0. The van der Waals surface area contributed by atoms with Crippen LogP contribution >= 0.6 is 0 Å². The van der Waals surface area contributed by atoms with Gasteiger partial charge in [0.25, 0.3) is 0 Å². The number of amides is 2. The van der Waals surface area contributed by atoms with Crippen molar-refractivity contribution in [1.82, 2.24) is 15.1 Å². The maximum atomic E-state index is 12.6. The topological polar surface area (TPSA) is 83.1 Å². The number of benzene rings is 1. The van der Waals surface area contributed by atoms with Gasteiger partial charge in [-0.2, -0.15) is 0 Å². The van der Waals surface area contributed by atoms with Crippen molar-refractivity contribution in [2.24, 2.45) is 0 Å². The number of carbonyl (C=O) groups excluding carboxylic acids is 2. The third-order valence-electron chi connectivity index (χ3n) is 4.91. The molecule has 0 saturated carbocycles. The van der Waals surface area contributed by atoms with E-state index in [1.165, 1.54) is 0 Å². The van der Waals surface area contributed by atoms with E-state index in [4.69, 9.17) is 9.47 Å². The third-order valence-corrected chi connectivity index (χ3v) is 4.91. The first-order valence-electron chi connectivity index (χ1n) is 9.50. The summed E-state index contributed by atoms with van der Waals surface area (Å²) in [6.07, 6.45) is 0.940. The summed E-state index contributed by atoms with van der Waals surface area (Å²) < 4.78 is 10.6. The van der Waals surface area contributed by atoms with Gasteiger partial charge in [-0.05, 0) is 25.5 Å². The van der Waals surface area contributed by atoms with Crippen LogP contribution in [0.25, 0.3) is 0 Å². The van der Waals surface area contributed by atoms with Gasteiger partial charge in [0.05, 0.1) is 12.6 Å². The Morgan fingerprint density at radius 1 is 1.15 bits per heavy atom. The Bertz CT molecular complexity index is 674. The molecule has 0 aliphatic carbocycles. The van der Waals surface area contributed by atoms with Crippen molar-refractivity contribution < 1.29 is 19.1 Å². The Kier molecular flexibility index (Phi) is 6.52. The number of rotatable bonds is 7. The Hall–Kier alpha value is -2.32. The van der Waals surface area contributed by atoms with Crippen LogP contribution in [0.4, 0.5) is 5.69 Å². The molecule has 0 unspecified atom stereocenters. The molecule has 0 aromatic heterocycles. The Morgan fingerprint density at radius 2 is 1.89 bits per heavy atom. The number of piperazine rings is 1. The summed E-state index contributed by atoms with van der Waals surface area (Å²) in [6, 6.07) is 5.14. The molecular formula is C19H28N4O4. The van der Waals surface area contributed by atoms with Crippen molar-refractivity contribution >= 4 is 17.5 Å². The largest absolute Gasteiger partial charge is 0.454 e. The normalized spacial score (nSPS) is 18.1. The molecule has 2 aliphatic rings. The monoisotopic (exact) mass is 376 g/mol. The molecule has 8 nitrogen and oxygen atoms in total. The molecule has 1 saturated heterocycles. The van der Waals surface area contributed by atoms with Gasteiger partial charge in [-0.1, -0.05) is 6.92 Å². The zero-order chi connectivity index (χ0) is 19.2. The van der Waals surface area contributed by atoms with Crippen LogP contribution in [0, 0.1) is 0 Å². The number of nitrogens with one attached hydrogen (secondary N) is 2. The van der Waals surface area contributed by atoms with E-state index in [2.05, 4.69) is 20.4 Å². The van der Waals surface area contributed by atoms with Gasteiger partial charge in [-0.15, -0.1) is 0 Å². The minimum atomic E-state index is -0.244. The zero-order valence-corrected chi connectivity index (χ0v) is 16.0. The minimum Gasteiger partial charge on any atom is -0.454 e. The number of anilines is 1. The SMILES string of the molecule is CCCNC(=O)CN1CCN([C@H](C)C(=O)Nc2ccc3c(c2)OCO3)CC1. The van der Waals surface area contributed by atoms with Gasteiger partial charge in [-0.3, -0.25) is 19.4 Å². The highest BCUT2D eigenvalue weighted by Gasteiger charge is 2.26. The zero-order valence-electron chi connectivity index (χ0n) is 16.0. The smallest absolute Gasteiger partial charge is 0.241 e. The predicted molar refractivity (Wildman–Crippen MR) is 102 cm³/mol. The molecule has 1 aromatic rings. The Morgan fingerprint density at radius 3 is 2.63 bits per heavy atom. The second-order valence-corrected chi connectivity index (χ2v) is 6.90. The summed E-state index contributed by atoms with van der Waals surface area (Å²) in [4.78, 5) is 28.7. The second kappa shape index (κ2) is 9.05. The number of hydrogen-bond acceptors (Lipinski definition) is 6. The van der Waals surface area contributed by atoms with Crippen LogP contribution in [0.3, 0.4) is 0 Å². The summed E-state index contributed by atoms with van der Waals surface area (Å²) in [5.74, 6) is 1.36. The lowest BCUT2D eigenvalue weighted by Crippen LogP contribution is -2.54. The average molecular weight is 376 g/mol. The number of nitrogens with zero attached hydrogens (tertiary/aromatic N) is 2. The van der Waals surface area contributed by atoms with E-state index < -0.39 is 0 Å².